The van der Waals surface area contributed by atoms with Crippen molar-refractivity contribution in [2.45, 2.75) is 18.7 Å². The van der Waals surface area contributed by atoms with Gasteiger partial charge in [-0.2, -0.15) is 0 Å². The van der Waals surface area contributed by atoms with Crippen molar-refractivity contribution in [2.24, 2.45) is 5.92 Å². The Labute approximate surface area is 91.8 Å². The second-order valence-electron chi connectivity index (χ2n) is 3.61. The molecule has 82 valence electrons. The summed E-state index contributed by atoms with van der Waals surface area (Å²) in [6, 6.07) is 3.65. The quantitative estimate of drug-likeness (QED) is 0.451. The molecule has 0 radical (unpaired) electrons. The summed E-state index contributed by atoms with van der Waals surface area (Å²) >= 11 is 1.43. The Morgan fingerprint density at radius 1 is 1.47 bits per heavy atom. The van der Waals surface area contributed by atoms with Gasteiger partial charge in [-0.3, -0.25) is 10.1 Å². The van der Waals surface area contributed by atoms with Crippen molar-refractivity contribution in [3.05, 3.63) is 34.1 Å². The van der Waals surface area contributed by atoms with E-state index in [1.807, 2.05) is 13.8 Å². The first-order chi connectivity index (χ1) is 6.99. The average Bonchev–Trinajstić information content (AvgIpc) is 2.13. The molecule has 0 fully saturated rings. The van der Waals surface area contributed by atoms with Gasteiger partial charge < -0.3 is 0 Å². The lowest BCUT2D eigenvalue weighted by atomic mass is 10.3. The van der Waals surface area contributed by atoms with Gasteiger partial charge in [0.25, 0.3) is 5.69 Å². The Balaban J connectivity index is 2.84. The van der Waals surface area contributed by atoms with Gasteiger partial charge in [0.05, 0.1) is 11.0 Å². The Kier molecular flexibility index (Phi) is 4.08. The van der Waals surface area contributed by atoms with Crippen LogP contribution in [0.15, 0.2) is 23.1 Å². The lowest BCUT2D eigenvalue weighted by molar-refractivity contribution is -0.385. The maximum Gasteiger partial charge on any atom is 0.273 e. The van der Waals surface area contributed by atoms with Crippen LogP contribution in [0.3, 0.4) is 0 Å². The van der Waals surface area contributed by atoms with Gasteiger partial charge >= 0.3 is 0 Å². The highest BCUT2D eigenvalue weighted by molar-refractivity contribution is 7.99. The van der Waals surface area contributed by atoms with E-state index >= 15 is 0 Å². The minimum Gasteiger partial charge on any atom is -0.258 e. The SMILES string of the molecule is CC(C)CSc1cc(F)cc([N+](=O)[O-])c1. The average molecular weight is 229 g/mol. The summed E-state index contributed by atoms with van der Waals surface area (Å²) in [6.45, 7) is 4.08. The molecule has 0 unspecified atom stereocenters. The molecule has 0 N–H and O–H groups in total. The standard InChI is InChI=1S/C10H12FNO2S/c1-7(2)6-15-10-4-8(11)3-9(5-10)12(13)14/h3-5,7H,6H2,1-2H3. The minimum absolute atomic E-state index is 0.193. The number of hydrogen-bond donors (Lipinski definition) is 0. The Morgan fingerprint density at radius 3 is 2.67 bits per heavy atom. The van der Waals surface area contributed by atoms with Crippen LogP contribution in [-0.2, 0) is 0 Å². The van der Waals surface area contributed by atoms with E-state index < -0.39 is 10.7 Å². The smallest absolute Gasteiger partial charge is 0.258 e. The van der Waals surface area contributed by atoms with E-state index in [-0.39, 0.29) is 5.69 Å². The van der Waals surface area contributed by atoms with Gasteiger partial charge in [0.1, 0.15) is 5.82 Å². The monoisotopic (exact) mass is 229 g/mol. The maximum atomic E-state index is 13.0. The fourth-order valence-corrected chi connectivity index (χ4v) is 1.93. The van der Waals surface area contributed by atoms with E-state index in [1.54, 1.807) is 0 Å². The van der Waals surface area contributed by atoms with E-state index in [0.29, 0.717) is 10.8 Å². The molecule has 0 aliphatic carbocycles. The van der Waals surface area contributed by atoms with Gasteiger partial charge in [0.2, 0.25) is 0 Å². The first-order valence-corrected chi connectivity index (χ1v) is 5.55. The number of nitro benzene ring substituents is 1. The number of non-ortho nitro benzene ring substituents is 1. The molecule has 0 aliphatic rings. The molecule has 0 aliphatic heterocycles. The van der Waals surface area contributed by atoms with Crippen molar-refractivity contribution in [1.82, 2.24) is 0 Å². The molecule has 1 aromatic carbocycles. The molecule has 0 heterocycles. The van der Waals surface area contributed by atoms with Gasteiger partial charge in [0, 0.05) is 16.7 Å². The van der Waals surface area contributed by atoms with Crippen molar-refractivity contribution in [3.63, 3.8) is 0 Å². The minimum atomic E-state index is -0.581. The summed E-state index contributed by atoms with van der Waals surface area (Å²) in [5.74, 6) is 0.730. The molecule has 0 saturated heterocycles. The number of thioether (sulfide) groups is 1. The van der Waals surface area contributed by atoms with Gasteiger partial charge in [0.15, 0.2) is 0 Å². The number of benzene rings is 1. The molecule has 3 nitrogen and oxygen atoms in total. The molecule has 0 saturated carbocycles. The van der Waals surface area contributed by atoms with E-state index in [4.69, 9.17) is 0 Å². The number of rotatable bonds is 4. The van der Waals surface area contributed by atoms with E-state index in [2.05, 4.69) is 0 Å². The van der Waals surface area contributed by atoms with Crippen molar-refractivity contribution in [1.29, 1.82) is 0 Å². The van der Waals surface area contributed by atoms with Crippen molar-refractivity contribution in [2.75, 3.05) is 5.75 Å². The van der Waals surface area contributed by atoms with Crippen LogP contribution in [0.25, 0.3) is 0 Å². The zero-order chi connectivity index (χ0) is 11.4. The third-order valence-corrected chi connectivity index (χ3v) is 3.05. The predicted molar refractivity (Wildman–Crippen MR) is 58.6 cm³/mol. The fourth-order valence-electron chi connectivity index (χ4n) is 1.000. The number of nitro groups is 1. The zero-order valence-electron chi connectivity index (χ0n) is 8.57. The summed E-state index contributed by atoms with van der Waals surface area (Å²) in [5.41, 5.74) is -0.193. The van der Waals surface area contributed by atoms with Crippen LogP contribution < -0.4 is 0 Å². The van der Waals surface area contributed by atoms with Gasteiger partial charge in [-0.05, 0) is 12.0 Å². The molecule has 1 aromatic rings. The highest BCUT2D eigenvalue weighted by Gasteiger charge is 2.10. The molecule has 0 spiro atoms. The zero-order valence-corrected chi connectivity index (χ0v) is 9.38. The second-order valence-corrected chi connectivity index (χ2v) is 4.70. The van der Waals surface area contributed by atoms with Gasteiger partial charge in [-0.15, -0.1) is 11.8 Å². The molecule has 0 atom stereocenters. The van der Waals surface area contributed by atoms with E-state index in [1.165, 1.54) is 23.9 Å². The normalized spacial score (nSPS) is 10.7. The molecule has 15 heavy (non-hydrogen) atoms. The molecule has 0 bridgehead atoms. The molecular formula is C10H12FNO2S. The predicted octanol–water partition coefficient (Wildman–Crippen LogP) is 3.48. The Morgan fingerprint density at radius 2 is 2.13 bits per heavy atom. The van der Waals surface area contributed by atoms with Crippen LogP contribution in [0, 0.1) is 21.8 Å². The summed E-state index contributed by atoms with van der Waals surface area (Å²) in [7, 11) is 0. The van der Waals surface area contributed by atoms with Gasteiger partial charge in [-0.25, -0.2) is 4.39 Å². The summed E-state index contributed by atoms with van der Waals surface area (Å²) in [5, 5.41) is 10.5. The number of halogens is 1. The Bertz CT molecular complexity index is 368. The molecule has 0 amide bonds. The Hall–Kier alpha value is -1.10. The first kappa shape index (κ1) is 12.0. The molecular weight excluding hydrogens is 217 g/mol. The largest absolute Gasteiger partial charge is 0.273 e. The van der Waals surface area contributed by atoms with E-state index in [0.717, 1.165) is 11.8 Å². The topological polar surface area (TPSA) is 43.1 Å². The first-order valence-electron chi connectivity index (χ1n) is 4.57. The summed E-state index contributed by atoms with van der Waals surface area (Å²) in [6.07, 6.45) is 0. The third kappa shape index (κ3) is 3.87. The van der Waals surface area contributed by atoms with Crippen LogP contribution in [0.2, 0.25) is 0 Å². The lowest BCUT2D eigenvalue weighted by Gasteiger charge is -2.04. The number of nitrogens with zero attached hydrogens (tertiary/aromatic N) is 1. The van der Waals surface area contributed by atoms with Crippen molar-refractivity contribution in [3.8, 4) is 0 Å². The highest BCUT2D eigenvalue weighted by Crippen LogP contribution is 2.26. The molecule has 0 aromatic heterocycles. The number of hydrogen-bond acceptors (Lipinski definition) is 3. The van der Waals surface area contributed by atoms with Crippen LogP contribution in [0.1, 0.15) is 13.8 Å². The summed E-state index contributed by atoms with van der Waals surface area (Å²) in [4.78, 5) is 10.5. The lowest BCUT2D eigenvalue weighted by Crippen LogP contribution is -1.93. The van der Waals surface area contributed by atoms with Crippen molar-refractivity contribution >= 4 is 17.4 Å². The van der Waals surface area contributed by atoms with E-state index in [9.17, 15) is 14.5 Å². The van der Waals surface area contributed by atoms with Crippen LogP contribution >= 0.6 is 11.8 Å². The third-order valence-electron chi connectivity index (χ3n) is 1.65. The second kappa shape index (κ2) is 5.11. The summed E-state index contributed by atoms with van der Waals surface area (Å²) < 4.78 is 13.0. The highest BCUT2D eigenvalue weighted by atomic mass is 32.2. The van der Waals surface area contributed by atoms with Crippen molar-refractivity contribution < 1.29 is 9.31 Å². The molecule has 5 heteroatoms. The maximum absolute atomic E-state index is 13.0. The fraction of sp³-hybridized carbons (Fsp3) is 0.400. The molecule has 1 rings (SSSR count). The van der Waals surface area contributed by atoms with Crippen LogP contribution in [0.4, 0.5) is 10.1 Å². The van der Waals surface area contributed by atoms with Gasteiger partial charge in [-0.1, -0.05) is 13.8 Å². The van der Waals surface area contributed by atoms with Crippen LogP contribution in [0.5, 0.6) is 0 Å². The van der Waals surface area contributed by atoms with Crippen LogP contribution in [-0.4, -0.2) is 10.7 Å².